The second kappa shape index (κ2) is 7.42. The Kier molecular flexibility index (Phi) is 5.54. The quantitative estimate of drug-likeness (QED) is 0.620. The number of nitrogens with zero attached hydrogens (tertiary/aromatic N) is 2. The van der Waals surface area contributed by atoms with Crippen molar-refractivity contribution in [3.8, 4) is 0 Å². The summed E-state index contributed by atoms with van der Waals surface area (Å²) in [6.07, 6.45) is 2.14. The number of esters is 1. The maximum Gasteiger partial charge on any atom is 0.411 e. The maximum absolute atomic E-state index is 12.2. The van der Waals surface area contributed by atoms with Gasteiger partial charge in [-0.25, -0.2) is 9.59 Å². The van der Waals surface area contributed by atoms with Gasteiger partial charge in [0.15, 0.2) is 6.61 Å². The molecule has 0 bridgehead atoms. The molecule has 0 spiro atoms. The highest BCUT2D eigenvalue weighted by molar-refractivity contribution is 5.96. The number of rotatable bonds is 4. The van der Waals surface area contributed by atoms with Gasteiger partial charge in [-0.15, -0.1) is 0 Å². The molecule has 7 heteroatoms. The van der Waals surface area contributed by atoms with Crippen LogP contribution in [0.4, 0.5) is 4.79 Å². The fourth-order valence-electron chi connectivity index (χ4n) is 2.39. The molecule has 7 nitrogen and oxygen atoms in total. The first-order chi connectivity index (χ1) is 11.3. The number of hydrogen-bond donors (Lipinski definition) is 0. The Morgan fingerprint density at radius 1 is 1.29 bits per heavy atom. The molecule has 2 rings (SSSR count). The molecule has 0 radical (unpaired) electrons. The molecule has 130 valence electrons. The van der Waals surface area contributed by atoms with Gasteiger partial charge in [0.25, 0.3) is 0 Å². The first-order valence-corrected chi connectivity index (χ1v) is 7.88. The Morgan fingerprint density at radius 2 is 2.04 bits per heavy atom. The summed E-state index contributed by atoms with van der Waals surface area (Å²) in [6, 6.07) is 4.22. The number of pyridine rings is 1. The summed E-state index contributed by atoms with van der Waals surface area (Å²) in [5.74, 6) is -0.978. The zero-order valence-corrected chi connectivity index (χ0v) is 14.2. The summed E-state index contributed by atoms with van der Waals surface area (Å²) >= 11 is 0. The van der Waals surface area contributed by atoms with E-state index in [9.17, 15) is 14.4 Å². The van der Waals surface area contributed by atoms with E-state index in [2.05, 4.69) is 4.98 Å². The number of hydrogen-bond acceptors (Lipinski definition) is 6. The molecule has 0 saturated carbocycles. The fourth-order valence-corrected chi connectivity index (χ4v) is 2.39. The third-order valence-electron chi connectivity index (χ3n) is 3.45. The van der Waals surface area contributed by atoms with Crippen LogP contribution in [-0.2, 0) is 14.3 Å². The Hall–Kier alpha value is -2.44. The van der Waals surface area contributed by atoms with Gasteiger partial charge in [0.1, 0.15) is 17.3 Å². The monoisotopic (exact) mass is 334 g/mol. The molecule has 2 heterocycles. The number of ether oxygens (including phenoxy) is 2. The normalized spacial score (nSPS) is 17.5. The lowest BCUT2D eigenvalue weighted by molar-refractivity contribution is -0.147. The molecule has 0 N–H and O–H groups in total. The Balaban J connectivity index is 1.91. The summed E-state index contributed by atoms with van der Waals surface area (Å²) in [6.45, 7) is 5.33. The highest BCUT2D eigenvalue weighted by Crippen LogP contribution is 2.21. The SMILES string of the molecule is CC(C)(C)OC(=O)N1CCCC1C(=O)OCC(=O)c1ccccn1. The topological polar surface area (TPSA) is 85.8 Å². The highest BCUT2D eigenvalue weighted by atomic mass is 16.6. The summed E-state index contributed by atoms with van der Waals surface area (Å²) < 4.78 is 10.4. The van der Waals surface area contributed by atoms with Crippen molar-refractivity contribution >= 4 is 17.8 Å². The van der Waals surface area contributed by atoms with E-state index in [1.54, 1.807) is 39.0 Å². The van der Waals surface area contributed by atoms with E-state index < -0.39 is 30.3 Å². The molecule has 24 heavy (non-hydrogen) atoms. The maximum atomic E-state index is 12.2. The van der Waals surface area contributed by atoms with Crippen molar-refractivity contribution in [3.63, 3.8) is 0 Å². The van der Waals surface area contributed by atoms with Crippen LogP contribution in [0.1, 0.15) is 44.1 Å². The van der Waals surface area contributed by atoms with E-state index in [-0.39, 0.29) is 11.5 Å². The molecule has 1 amide bonds. The van der Waals surface area contributed by atoms with Crippen molar-refractivity contribution in [2.24, 2.45) is 0 Å². The smallest absolute Gasteiger partial charge is 0.411 e. The van der Waals surface area contributed by atoms with Crippen LogP contribution in [0.5, 0.6) is 0 Å². The van der Waals surface area contributed by atoms with Crippen LogP contribution < -0.4 is 0 Å². The van der Waals surface area contributed by atoms with Crippen molar-refractivity contribution in [1.82, 2.24) is 9.88 Å². The van der Waals surface area contributed by atoms with Crippen LogP contribution in [0, 0.1) is 0 Å². The largest absolute Gasteiger partial charge is 0.456 e. The second-order valence-electron chi connectivity index (χ2n) is 6.58. The number of aromatic nitrogens is 1. The predicted octanol–water partition coefficient (Wildman–Crippen LogP) is 2.21. The van der Waals surface area contributed by atoms with Crippen molar-refractivity contribution in [2.45, 2.75) is 45.3 Å². The number of likely N-dealkylation sites (tertiary alicyclic amines) is 1. The van der Waals surface area contributed by atoms with E-state index in [4.69, 9.17) is 9.47 Å². The average molecular weight is 334 g/mol. The van der Waals surface area contributed by atoms with Gasteiger partial charge < -0.3 is 9.47 Å². The zero-order chi connectivity index (χ0) is 17.7. The van der Waals surface area contributed by atoms with Crippen LogP contribution in [0.25, 0.3) is 0 Å². The number of carbonyl (C=O) groups excluding carboxylic acids is 3. The van der Waals surface area contributed by atoms with Gasteiger partial charge >= 0.3 is 12.1 Å². The molecular weight excluding hydrogens is 312 g/mol. The predicted molar refractivity (Wildman–Crippen MR) is 85.5 cm³/mol. The van der Waals surface area contributed by atoms with Gasteiger partial charge in [-0.2, -0.15) is 0 Å². The molecule has 0 aliphatic carbocycles. The Morgan fingerprint density at radius 3 is 2.67 bits per heavy atom. The van der Waals surface area contributed by atoms with Crippen LogP contribution in [-0.4, -0.2) is 52.5 Å². The summed E-state index contributed by atoms with van der Waals surface area (Å²) in [5, 5.41) is 0. The minimum absolute atomic E-state index is 0.237. The molecule has 0 aromatic carbocycles. The van der Waals surface area contributed by atoms with E-state index >= 15 is 0 Å². The van der Waals surface area contributed by atoms with Gasteiger partial charge in [-0.05, 0) is 45.7 Å². The number of ketones is 1. The number of amides is 1. The fraction of sp³-hybridized carbons (Fsp3) is 0.529. The average Bonchev–Trinajstić information content (AvgIpc) is 3.01. The third-order valence-corrected chi connectivity index (χ3v) is 3.45. The van der Waals surface area contributed by atoms with Crippen molar-refractivity contribution in [3.05, 3.63) is 30.1 Å². The molecule has 1 aromatic rings. The molecule has 1 fully saturated rings. The van der Waals surface area contributed by atoms with E-state index in [1.165, 1.54) is 11.1 Å². The van der Waals surface area contributed by atoms with Crippen LogP contribution in [0.3, 0.4) is 0 Å². The van der Waals surface area contributed by atoms with Crippen molar-refractivity contribution < 1.29 is 23.9 Å². The molecule has 1 aromatic heterocycles. The summed E-state index contributed by atoms with van der Waals surface area (Å²) in [5.41, 5.74) is -0.399. The van der Waals surface area contributed by atoms with E-state index in [1.807, 2.05) is 0 Å². The second-order valence-corrected chi connectivity index (χ2v) is 6.58. The first-order valence-electron chi connectivity index (χ1n) is 7.88. The Labute approximate surface area is 140 Å². The van der Waals surface area contributed by atoms with Gasteiger partial charge in [-0.1, -0.05) is 6.07 Å². The number of carbonyl (C=O) groups is 3. The molecule has 1 atom stereocenters. The lowest BCUT2D eigenvalue weighted by atomic mass is 10.2. The molecule has 1 saturated heterocycles. The molecule has 1 aliphatic heterocycles. The van der Waals surface area contributed by atoms with E-state index in [0.29, 0.717) is 19.4 Å². The zero-order valence-electron chi connectivity index (χ0n) is 14.2. The molecular formula is C17H22N2O5. The van der Waals surface area contributed by atoms with E-state index in [0.717, 1.165) is 0 Å². The third kappa shape index (κ3) is 4.78. The Bertz CT molecular complexity index is 609. The lowest BCUT2D eigenvalue weighted by Crippen LogP contribution is -2.44. The van der Waals surface area contributed by atoms with Gasteiger partial charge in [0, 0.05) is 12.7 Å². The van der Waals surface area contributed by atoms with Crippen molar-refractivity contribution in [2.75, 3.05) is 13.2 Å². The van der Waals surface area contributed by atoms with Crippen molar-refractivity contribution in [1.29, 1.82) is 0 Å². The number of Topliss-reactive ketones (excluding diaryl/α,β-unsaturated/α-hetero) is 1. The molecule has 1 aliphatic rings. The van der Waals surface area contributed by atoms with Gasteiger partial charge in [0.2, 0.25) is 5.78 Å². The highest BCUT2D eigenvalue weighted by Gasteiger charge is 2.37. The molecule has 1 unspecified atom stereocenters. The lowest BCUT2D eigenvalue weighted by Gasteiger charge is -2.27. The summed E-state index contributed by atoms with van der Waals surface area (Å²) in [4.78, 5) is 41.6. The van der Waals surface area contributed by atoms with Gasteiger partial charge in [-0.3, -0.25) is 14.7 Å². The minimum Gasteiger partial charge on any atom is -0.456 e. The standard InChI is InChI=1S/C17H22N2O5/c1-17(2,3)24-16(22)19-10-6-8-13(19)15(21)23-11-14(20)12-7-4-5-9-18-12/h4-5,7,9,13H,6,8,10-11H2,1-3H3. The summed E-state index contributed by atoms with van der Waals surface area (Å²) in [7, 11) is 0. The van der Waals surface area contributed by atoms with Crippen LogP contribution >= 0.6 is 0 Å². The first kappa shape index (κ1) is 17.9. The van der Waals surface area contributed by atoms with Crippen LogP contribution in [0.2, 0.25) is 0 Å². The van der Waals surface area contributed by atoms with Crippen LogP contribution in [0.15, 0.2) is 24.4 Å². The minimum atomic E-state index is -0.712. The van der Waals surface area contributed by atoms with Gasteiger partial charge in [0.05, 0.1) is 0 Å².